The van der Waals surface area contributed by atoms with Crippen LogP contribution >= 0.6 is 23.4 Å². The lowest BCUT2D eigenvalue weighted by Crippen LogP contribution is -2.31. The van der Waals surface area contributed by atoms with E-state index in [1.54, 1.807) is 25.3 Å². The second-order valence-corrected chi connectivity index (χ2v) is 9.18. The first-order chi connectivity index (χ1) is 16.1. The van der Waals surface area contributed by atoms with Crippen molar-refractivity contribution >= 4 is 40.2 Å². The highest BCUT2D eigenvalue weighted by molar-refractivity contribution is 7.98. The second-order valence-electron chi connectivity index (χ2n) is 7.80. The van der Waals surface area contributed by atoms with Crippen LogP contribution in [0.3, 0.4) is 0 Å². The Labute approximate surface area is 200 Å². The molecule has 2 aromatic carbocycles. The molecule has 1 saturated heterocycles. The molecule has 0 aliphatic carbocycles. The van der Waals surface area contributed by atoms with E-state index in [0.29, 0.717) is 32.7 Å². The number of nitrogens with one attached hydrogen (secondary N) is 1. The molecular weight excluding hydrogens is 460 g/mol. The Morgan fingerprint density at radius 3 is 2.76 bits per heavy atom. The van der Waals surface area contributed by atoms with Crippen molar-refractivity contribution in [3.05, 3.63) is 63.7 Å². The molecule has 2 aromatic heterocycles. The monoisotopic (exact) mass is 482 g/mol. The fourth-order valence-corrected chi connectivity index (χ4v) is 5.02. The quantitative estimate of drug-likeness (QED) is 0.406. The van der Waals surface area contributed by atoms with E-state index in [0.717, 1.165) is 43.3 Å². The summed E-state index contributed by atoms with van der Waals surface area (Å²) >= 11 is 7.49. The van der Waals surface area contributed by atoms with Gasteiger partial charge in [-0.05, 0) is 49.6 Å². The number of nitrogens with zero attached hydrogens (tertiary/aromatic N) is 5. The van der Waals surface area contributed by atoms with Crippen molar-refractivity contribution in [2.75, 3.05) is 25.1 Å². The fourth-order valence-electron chi connectivity index (χ4n) is 4.04. The Bertz CT molecular complexity index is 1350. The summed E-state index contributed by atoms with van der Waals surface area (Å²) in [6.07, 6.45) is 3.49. The summed E-state index contributed by atoms with van der Waals surface area (Å²) in [6.45, 7) is 1.89. The van der Waals surface area contributed by atoms with Gasteiger partial charge in [-0.2, -0.15) is 0 Å². The third-order valence-corrected chi connectivity index (χ3v) is 6.81. The topological polar surface area (TPSA) is 88.9 Å². The van der Waals surface area contributed by atoms with Crippen LogP contribution in [0.4, 0.5) is 5.95 Å². The van der Waals surface area contributed by atoms with E-state index in [4.69, 9.17) is 16.3 Å². The van der Waals surface area contributed by atoms with Crippen molar-refractivity contribution in [3.8, 4) is 11.4 Å². The van der Waals surface area contributed by atoms with E-state index in [1.807, 2.05) is 28.8 Å². The first kappa shape index (κ1) is 21.8. The van der Waals surface area contributed by atoms with Crippen LogP contribution in [-0.4, -0.2) is 44.9 Å². The lowest BCUT2D eigenvalue weighted by Gasteiger charge is -2.28. The number of para-hydroxylation sites is 2. The van der Waals surface area contributed by atoms with E-state index in [1.165, 1.54) is 18.2 Å². The number of rotatable bonds is 6. The van der Waals surface area contributed by atoms with Crippen molar-refractivity contribution in [1.82, 2.24) is 24.7 Å². The normalized spacial score (nSPS) is 14.1. The number of fused-ring (bicyclic) bond motifs is 1. The molecule has 3 heterocycles. The molecule has 1 N–H and O–H groups in total. The highest BCUT2D eigenvalue weighted by Crippen LogP contribution is 2.33. The van der Waals surface area contributed by atoms with Crippen LogP contribution < -0.4 is 15.2 Å². The average molecular weight is 483 g/mol. The SMILES string of the molecule is COc1ccccc1-n1c(SCc2nc3ccc(Cl)cc3c(=O)[nH]2)nnc1N1CCCCC1. The predicted molar refractivity (Wildman–Crippen MR) is 131 cm³/mol. The number of methoxy groups -OCH3 is 1. The third-order valence-electron chi connectivity index (χ3n) is 5.64. The first-order valence-electron chi connectivity index (χ1n) is 10.8. The smallest absolute Gasteiger partial charge is 0.258 e. The van der Waals surface area contributed by atoms with Gasteiger partial charge in [0.2, 0.25) is 5.95 Å². The number of halogens is 1. The molecule has 0 saturated carbocycles. The molecule has 0 unspecified atom stereocenters. The number of hydrogen-bond donors (Lipinski definition) is 1. The maximum atomic E-state index is 12.5. The Kier molecular flexibility index (Phi) is 6.24. The minimum atomic E-state index is -0.210. The van der Waals surface area contributed by atoms with Gasteiger partial charge in [-0.25, -0.2) is 4.98 Å². The summed E-state index contributed by atoms with van der Waals surface area (Å²) in [7, 11) is 1.66. The van der Waals surface area contributed by atoms with Gasteiger partial charge in [0.15, 0.2) is 5.16 Å². The zero-order valence-corrected chi connectivity index (χ0v) is 19.7. The summed E-state index contributed by atoms with van der Waals surface area (Å²) in [5.41, 5.74) is 1.28. The number of piperidine rings is 1. The summed E-state index contributed by atoms with van der Waals surface area (Å²) in [5, 5.41) is 10.7. The maximum Gasteiger partial charge on any atom is 0.258 e. The van der Waals surface area contributed by atoms with Gasteiger partial charge in [0.25, 0.3) is 5.56 Å². The van der Waals surface area contributed by atoms with Gasteiger partial charge in [-0.3, -0.25) is 9.36 Å². The molecule has 8 nitrogen and oxygen atoms in total. The molecule has 170 valence electrons. The van der Waals surface area contributed by atoms with Crippen LogP contribution in [-0.2, 0) is 5.75 Å². The van der Waals surface area contributed by atoms with Crippen LogP contribution in [0.2, 0.25) is 5.02 Å². The zero-order valence-electron chi connectivity index (χ0n) is 18.1. The second kappa shape index (κ2) is 9.44. The molecule has 1 aliphatic rings. The van der Waals surface area contributed by atoms with Gasteiger partial charge < -0.3 is 14.6 Å². The minimum Gasteiger partial charge on any atom is -0.495 e. The molecule has 33 heavy (non-hydrogen) atoms. The highest BCUT2D eigenvalue weighted by atomic mass is 35.5. The largest absolute Gasteiger partial charge is 0.495 e. The Morgan fingerprint density at radius 2 is 1.94 bits per heavy atom. The Hall–Kier alpha value is -3.04. The molecular formula is C23H23ClN6O2S. The van der Waals surface area contributed by atoms with Crippen molar-refractivity contribution in [1.29, 1.82) is 0 Å². The minimum absolute atomic E-state index is 0.210. The van der Waals surface area contributed by atoms with Gasteiger partial charge in [0.05, 0.1) is 29.5 Å². The maximum absolute atomic E-state index is 12.5. The van der Waals surface area contributed by atoms with Crippen molar-refractivity contribution in [2.24, 2.45) is 0 Å². The highest BCUT2D eigenvalue weighted by Gasteiger charge is 2.23. The number of thioether (sulfide) groups is 1. The van der Waals surface area contributed by atoms with Gasteiger partial charge in [-0.1, -0.05) is 35.5 Å². The third kappa shape index (κ3) is 4.43. The number of ether oxygens (including phenoxy) is 1. The Balaban J connectivity index is 1.50. The molecule has 5 rings (SSSR count). The number of aromatic amines is 1. The lowest BCUT2D eigenvalue weighted by molar-refractivity contribution is 0.412. The van der Waals surface area contributed by atoms with Gasteiger partial charge in [0, 0.05) is 18.1 Å². The van der Waals surface area contributed by atoms with E-state index in [9.17, 15) is 4.79 Å². The van der Waals surface area contributed by atoms with Gasteiger partial charge in [-0.15, -0.1) is 10.2 Å². The lowest BCUT2D eigenvalue weighted by atomic mass is 10.1. The summed E-state index contributed by atoms with van der Waals surface area (Å²) in [5.74, 6) is 2.54. The van der Waals surface area contributed by atoms with Gasteiger partial charge >= 0.3 is 0 Å². The standard InChI is InChI=1S/C23H23ClN6O2S/c1-32-19-8-4-3-7-18(19)30-22(29-11-5-2-6-12-29)27-28-23(30)33-14-20-25-17-10-9-15(24)13-16(17)21(31)26-20/h3-4,7-10,13H,2,5-6,11-12,14H2,1H3,(H,25,26,31). The van der Waals surface area contributed by atoms with Gasteiger partial charge in [0.1, 0.15) is 11.6 Å². The summed E-state index contributed by atoms with van der Waals surface area (Å²) in [4.78, 5) is 22.3. The van der Waals surface area contributed by atoms with Crippen LogP contribution in [0.15, 0.2) is 52.4 Å². The molecule has 0 amide bonds. The van der Waals surface area contributed by atoms with Crippen LogP contribution in [0.25, 0.3) is 16.6 Å². The van der Waals surface area contributed by atoms with Crippen LogP contribution in [0.1, 0.15) is 25.1 Å². The van der Waals surface area contributed by atoms with Crippen molar-refractivity contribution < 1.29 is 4.74 Å². The van der Waals surface area contributed by atoms with E-state index in [-0.39, 0.29) is 5.56 Å². The first-order valence-corrected chi connectivity index (χ1v) is 12.2. The molecule has 0 atom stereocenters. The molecule has 1 aliphatic heterocycles. The summed E-state index contributed by atoms with van der Waals surface area (Å²) in [6, 6.07) is 13.0. The number of aromatic nitrogens is 5. The number of benzene rings is 2. The van der Waals surface area contributed by atoms with E-state index >= 15 is 0 Å². The number of H-pyrrole nitrogens is 1. The molecule has 1 fully saturated rings. The number of hydrogen-bond acceptors (Lipinski definition) is 7. The number of anilines is 1. The molecule has 0 radical (unpaired) electrons. The van der Waals surface area contributed by atoms with Crippen molar-refractivity contribution in [2.45, 2.75) is 30.2 Å². The molecule has 4 aromatic rings. The molecule has 10 heteroatoms. The summed E-state index contributed by atoms with van der Waals surface area (Å²) < 4.78 is 7.66. The predicted octanol–water partition coefficient (Wildman–Crippen LogP) is 4.45. The van der Waals surface area contributed by atoms with E-state index in [2.05, 4.69) is 25.1 Å². The van der Waals surface area contributed by atoms with Crippen LogP contribution in [0.5, 0.6) is 5.75 Å². The molecule has 0 spiro atoms. The average Bonchev–Trinajstić information content (AvgIpc) is 3.27. The fraction of sp³-hybridized carbons (Fsp3) is 0.304. The van der Waals surface area contributed by atoms with Crippen molar-refractivity contribution in [3.63, 3.8) is 0 Å². The molecule has 0 bridgehead atoms. The zero-order chi connectivity index (χ0) is 22.8. The Morgan fingerprint density at radius 1 is 1.12 bits per heavy atom. The van der Waals surface area contributed by atoms with E-state index < -0.39 is 0 Å². The van der Waals surface area contributed by atoms with Crippen LogP contribution in [0, 0.1) is 0 Å².